The second-order valence-electron chi connectivity index (χ2n) is 5.01. The molecule has 2 nitrogen and oxygen atoms in total. The van der Waals surface area contributed by atoms with Crippen LogP contribution in [0.25, 0.3) is 0 Å². The summed E-state index contributed by atoms with van der Waals surface area (Å²) in [5.74, 6) is 0. The second kappa shape index (κ2) is 6.78. The standard InChI is InChI=1S/C14H18ClF3N2/c15-12-3-1-2-11(10-12)13(4-5-14(16,17)18)20-8-6-19-7-9-20/h1-3,10,13,19H,4-9H2/t13-/m0/s1. The zero-order chi connectivity index (χ0) is 14.6. The lowest BCUT2D eigenvalue weighted by Gasteiger charge is -2.35. The summed E-state index contributed by atoms with van der Waals surface area (Å²) in [7, 11) is 0. The van der Waals surface area contributed by atoms with Crippen LogP contribution in [0.1, 0.15) is 24.4 Å². The van der Waals surface area contributed by atoms with Gasteiger partial charge in [0.25, 0.3) is 0 Å². The summed E-state index contributed by atoms with van der Waals surface area (Å²) in [5, 5.41) is 3.78. The molecule has 0 saturated carbocycles. The maximum atomic E-state index is 12.5. The van der Waals surface area contributed by atoms with Crippen LogP contribution >= 0.6 is 11.6 Å². The summed E-state index contributed by atoms with van der Waals surface area (Å²) in [6, 6.07) is 6.93. The molecule has 1 heterocycles. The molecule has 0 spiro atoms. The van der Waals surface area contributed by atoms with Crippen molar-refractivity contribution in [2.24, 2.45) is 0 Å². The highest BCUT2D eigenvalue weighted by Crippen LogP contribution is 2.32. The molecule has 0 aliphatic carbocycles. The molecule has 1 saturated heterocycles. The lowest BCUT2D eigenvalue weighted by atomic mass is 9.99. The third-order valence-corrected chi connectivity index (χ3v) is 3.76. The Hall–Kier alpha value is -0.780. The lowest BCUT2D eigenvalue weighted by Crippen LogP contribution is -2.45. The molecule has 2 rings (SSSR count). The molecule has 1 aromatic rings. The number of nitrogens with one attached hydrogen (secondary N) is 1. The van der Waals surface area contributed by atoms with E-state index in [1.807, 2.05) is 6.07 Å². The number of nitrogens with zero attached hydrogens (tertiary/aromatic N) is 1. The number of hydrogen-bond donors (Lipinski definition) is 1. The van der Waals surface area contributed by atoms with Crippen molar-refractivity contribution in [3.05, 3.63) is 34.9 Å². The van der Waals surface area contributed by atoms with Gasteiger partial charge in [0.2, 0.25) is 0 Å². The molecule has 1 N–H and O–H groups in total. The van der Waals surface area contributed by atoms with Gasteiger partial charge in [0.05, 0.1) is 0 Å². The Morgan fingerprint density at radius 3 is 2.55 bits per heavy atom. The lowest BCUT2D eigenvalue weighted by molar-refractivity contribution is -0.138. The van der Waals surface area contributed by atoms with Crippen molar-refractivity contribution in [1.82, 2.24) is 10.2 Å². The molecule has 0 bridgehead atoms. The molecule has 6 heteroatoms. The normalized spacial score (nSPS) is 19.0. The molecule has 0 amide bonds. The SMILES string of the molecule is FC(F)(F)CC[C@@H](c1cccc(Cl)c1)N1CCNCC1. The van der Waals surface area contributed by atoms with Gasteiger partial charge in [0.15, 0.2) is 0 Å². The van der Waals surface area contributed by atoms with Crippen molar-refractivity contribution in [2.75, 3.05) is 26.2 Å². The van der Waals surface area contributed by atoms with Crippen LogP contribution in [0, 0.1) is 0 Å². The van der Waals surface area contributed by atoms with Crippen molar-refractivity contribution >= 4 is 11.6 Å². The van der Waals surface area contributed by atoms with Gasteiger partial charge in [0, 0.05) is 43.7 Å². The molecule has 112 valence electrons. The van der Waals surface area contributed by atoms with Crippen LogP contribution in [-0.4, -0.2) is 37.3 Å². The van der Waals surface area contributed by atoms with E-state index in [2.05, 4.69) is 10.2 Å². The average Bonchev–Trinajstić information content (AvgIpc) is 2.39. The van der Waals surface area contributed by atoms with E-state index in [4.69, 9.17) is 11.6 Å². The van der Waals surface area contributed by atoms with E-state index < -0.39 is 12.6 Å². The van der Waals surface area contributed by atoms with Gasteiger partial charge in [-0.2, -0.15) is 13.2 Å². The minimum Gasteiger partial charge on any atom is -0.314 e. The van der Waals surface area contributed by atoms with Crippen molar-refractivity contribution in [3.8, 4) is 0 Å². The van der Waals surface area contributed by atoms with Crippen molar-refractivity contribution in [1.29, 1.82) is 0 Å². The van der Waals surface area contributed by atoms with Crippen LogP contribution in [0.4, 0.5) is 13.2 Å². The molecular formula is C14H18ClF3N2. The summed E-state index contributed by atoms with van der Waals surface area (Å²) in [6.45, 7) is 3.14. The molecule has 1 aromatic carbocycles. The summed E-state index contributed by atoms with van der Waals surface area (Å²) in [4.78, 5) is 2.11. The zero-order valence-electron chi connectivity index (χ0n) is 11.1. The van der Waals surface area contributed by atoms with Crippen LogP contribution in [0.3, 0.4) is 0 Å². The Balaban J connectivity index is 2.14. The highest BCUT2D eigenvalue weighted by molar-refractivity contribution is 6.30. The van der Waals surface area contributed by atoms with Crippen LogP contribution in [0.2, 0.25) is 5.02 Å². The minimum absolute atomic E-state index is 0.0733. The summed E-state index contributed by atoms with van der Waals surface area (Å²) in [5.41, 5.74) is 0.864. The van der Waals surface area contributed by atoms with Gasteiger partial charge in [-0.1, -0.05) is 23.7 Å². The van der Waals surface area contributed by atoms with Gasteiger partial charge in [0.1, 0.15) is 0 Å². The largest absolute Gasteiger partial charge is 0.389 e. The molecular weight excluding hydrogens is 289 g/mol. The Morgan fingerprint density at radius 1 is 1.25 bits per heavy atom. The van der Waals surface area contributed by atoms with Crippen LogP contribution < -0.4 is 5.32 Å². The molecule has 0 unspecified atom stereocenters. The van der Waals surface area contributed by atoms with Crippen molar-refractivity contribution in [3.63, 3.8) is 0 Å². The zero-order valence-corrected chi connectivity index (χ0v) is 11.8. The molecule has 1 atom stereocenters. The Kier molecular flexibility index (Phi) is 5.29. The van der Waals surface area contributed by atoms with Crippen LogP contribution in [-0.2, 0) is 0 Å². The number of hydrogen-bond acceptors (Lipinski definition) is 2. The monoisotopic (exact) mass is 306 g/mol. The fourth-order valence-electron chi connectivity index (χ4n) is 2.57. The van der Waals surface area contributed by atoms with E-state index in [9.17, 15) is 13.2 Å². The maximum absolute atomic E-state index is 12.5. The number of halogens is 4. The van der Waals surface area contributed by atoms with E-state index in [0.29, 0.717) is 5.02 Å². The number of rotatable bonds is 4. The van der Waals surface area contributed by atoms with E-state index in [1.54, 1.807) is 18.2 Å². The summed E-state index contributed by atoms with van der Waals surface area (Å²) in [6.07, 6.45) is -4.82. The van der Waals surface area contributed by atoms with E-state index >= 15 is 0 Å². The minimum atomic E-state index is -4.12. The molecule has 20 heavy (non-hydrogen) atoms. The highest BCUT2D eigenvalue weighted by atomic mass is 35.5. The van der Waals surface area contributed by atoms with E-state index in [-0.39, 0.29) is 12.5 Å². The Labute approximate surface area is 121 Å². The van der Waals surface area contributed by atoms with Gasteiger partial charge in [-0.05, 0) is 24.1 Å². The highest BCUT2D eigenvalue weighted by Gasteiger charge is 2.31. The van der Waals surface area contributed by atoms with Crippen molar-refractivity contribution < 1.29 is 13.2 Å². The van der Waals surface area contributed by atoms with E-state index in [0.717, 1.165) is 31.7 Å². The average molecular weight is 307 g/mol. The molecule has 1 aliphatic rings. The Bertz CT molecular complexity index is 431. The first-order chi connectivity index (χ1) is 9.46. The summed E-state index contributed by atoms with van der Waals surface area (Å²) < 4.78 is 37.6. The maximum Gasteiger partial charge on any atom is 0.389 e. The van der Waals surface area contributed by atoms with Gasteiger partial charge >= 0.3 is 6.18 Å². The smallest absolute Gasteiger partial charge is 0.314 e. The summed E-state index contributed by atoms with van der Waals surface area (Å²) >= 11 is 5.96. The quantitative estimate of drug-likeness (QED) is 0.914. The topological polar surface area (TPSA) is 15.3 Å². The first-order valence-electron chi connectivity index (χ1n) is 6.73. The van der Waals surface area contributed by atoms with Crippen molar-refractivity contribution in [2.45, 2.75) is 25.1 Å². The van der Waals surface area contributed by atoms with Gasteiger partial charge in [-0.15, -0.1) is 0 Å². The molecule has 0 radical (unpaired) electrons. The first kappa shape index (κ1) is 15.6. The second-order valence-corrected chi connectivity index (χ2v) is 5.45. The van der Waals surface area contributed by atoms with Crippen LogP contribution in [0.5, 0.6) is 0 Å². The molecule has 1 fully saturated rings. The molecule has 1 aliphatic heterocycles. The number of alkyl halides is 3. The van der Waals surface area contributed by atoms with Crippen LogP contribution in [0.15, 0.2) is 24.3 Å². The molecule has 0 aromatic heterocycles. The van der Waals surface area contributed by atoms with Gasteiger partial charge in [-0.25, -0.2) is 0 Å². The fraction of sp³-hybridized carbons (Fsp3) is 0.571. The number of benzene rings is 1. The fourth-order valence-corrected chi connectivity index (χ4v) is 2.77. The van der Waals surface area contributed by atoms with E-state index in [1.165, 1.54) is 0 Å². The Morgan fingerprint density at radius 2 is 1.95 bits per heavy atom. The third kappa shape index (κ3) is 4.65. The third-order valence-electron chi connectivity index (χ3n) is 3.53. The number of piperazine rings is 1. The van der Waals surface area contributed by atoms with Gasteiger partial charge < -0.3 is 5.32 Å². The van der Waals surface area contributed by atoms with Gasteiger partial charge in [-0.3, -0.25) is 4.90 Å². The first-order valence-corrected chi connectivity index (χ1v) is 7.10. The predicted octanol–water partition coefficient (Wildman–Crippen LogP) is 3.63. The predicted molar refractivity (Wildman–Crippen MR) is 73.9 cm³/mol.